The van der Waals surface area contributed by atoms with Crippen LogP contribution >= 0.6 is 0 Å². The summed E-state index contributed by atoms with van der Waals surface area (Å²) in [5, 5.41) is 5.65. The van der Waals surface area contributed by atoms with Crippen molar-refractivity contribution in [3.05, 3.63) is 59.4 Å². The van der Waals surface area contributed by atoms with Gasteiger partial charge in [0, 0.05) is 30.6 Å². The minimum absolute atomic E-state index is 0.0773. The summed E-state index contributed by atoms with van der Waals surface area (Å²) in [5.74, 6) is 0.728. The van der Waals surface area contributed by atoms with Crippen LogP contribution in [0.15, 0.2) is 42.5 Å². The lowest BCUT2D eigenvalue weighted by Gasteiger charge is -2.07. The highest BCUT2D eigenvalue weighted by molar-refractivity contribution is 5.97. The van der Waals surface area contributed by atoms with Gasteiger partial charge in [0.15, 0.2) is 0 Å². The van der Waals surface area contributed by atoms with Gasteiger partial charge in [-0.05, 0) is 56.2 Å². The van der Waals surface area contributed by atoms with E-state index in [1.807, 2.05) is 50.2 Å². The highest BCUT2D eigenvalue weighted by Crippen LogP contribution is 2.16. The average Bonchev–Trinajstić information content (AvgIpc) is 3.02. The number of anilines is 1. The van der Waals surface area contributed by atoms with Crippen molar-refractivity contribution < 1.29 is 9.59 Å². The van der Waals surface area contributed by atoms with Crippen LogP contribution in [0.5, 0.6) is 0 Å². The zero-order chi connectivity index (χ0) is 19.4. The number of rotatable bonds is 6. The molecule has 0 bridgehead atoms. The van der Waals surface area contributed by atoms with Crippen molar-refractivity contribution in [1.29, 1.82) is 0 Å². The van der Waals surface area contributed by atoms with E-state index >= 15 is 0 Å². The molecule has 0 saturated heterocycles. The number of carbonyl (C=O) groups excluding carboxylic acids is 2. The van der Waals surface area contributed by atoms with Gasteiger partial charge in [0.25, 0.3) is 5.91 Å². The summed E-state index contributed by atoms with van der Waals surface area (Å²) in [6, 6.07) is 13.4. The molecule has 1 heterocycles. The monoisotopic (exact) mass is 364 g/mol. The van der Waals surface area contributed by atoms with Gasteiger partial charge >= 0.3 is 0 Å². The first-order valence-corrected chi connectivity index (χ1v) is 9.07. The SMILES string of the molecule is CC(=O)Nc1ccc(CCc2nc3ccc(C(=O)NC(C)C)cc3[nH]2)cc1. The molecule has 0 radical (unpaired) electrons. The fourth-order valence-electron chi connectivity index (χ4n) is 2.89. The number of aryl methyl sites for hydroxylation is 2. The number of nitrogens with zero attached hydrogens (tertiary/aromatic N) is 1. The topological polar surface area (TPSA) is 86.9 Å². The quantitative estimate of drug-likeness (QED) is 0.626. The van der Waals surface area contributed by atoms with Crippen LogP contribution in [0.4, 0.5) is 5.69 Å². The van der Waals surface area contributed by atoms with Crippen LogP contribution in [0, 0.1) is 0 Å². The summed E-state index contributed by atoms with van der Waals surface area (Å²) in [7, 11) is 0. The van der Waals surface area contributed by atoms with Gasteiger partial charge in [-0.1, -0.05) is 12.1 Å². The maximum absolute atomic E-state index is 12.1. The van der Waals surface area contributed by atoms with Gasteiger partial charge in [0.1, 0.15) is 5.82 Å². The summed E-state index contributed by atoms with van der Waals surface area (Å²) in [5.41, 5.74) is 4.30. The van der Waals surface area contributed by atoms with E-state index in [2.05, 4.69) is 20.6 Å². The third-order valence-electron chi connectivity index (χ3n) is 4.14. The molecule has 2 amide bonds. The normalized spacial score (nSPS) is 11.0. The molecule has 0 fully saturated rings. The minimum Gasteiger partial charge on any atom is -0.350 e. The molecule has 3 aromatic rings. The maximum atomic E-state index is 12.1. The van der Waals surface area contributed by atoms with Crippen molar-refractivity contribution in [2.24, 2.45) is 0 Å². The van der Waals surface area contributed by atoms with Crippen molar-refractivity contribution >= 4 is 28.5 Å². The molecule has 3 N–H and O–H groups in total. The molecule has 3 rings (SSSR count). The minimum atomic E-state index is -0.0812. The lowest BCUT2D eigenvalue weighted by Crippen LogP contribution is -2.29. The molecule has 27 heavy (non-hydrogen) atoms. The van der Waals surface area contributed by atoms with Crippen LogP contribution in [-0.2, 0) is 17.6 Å². The Morgan fingerprint density at radius 1 is 1.07 bits per heavy atom. The molecule has 0 aliphatic rings. The van der Waals surface area contributed by atoms with Crippen LogP contribution in [0.25, 0.3) is 11.0 Å². The highest BCUT2D eigenvalue weighted by atomic mass is 16.2. The first-order valence-electron chi connectivity index (χ1n) is 9.07. The van der Waals surface area contributed by atoms with E-state index in [1.165, 1.54) is 12.5 Å². The Kier molecular flexibility index (Phi) is 5.54. The smallest absolute Gasteiger partial charge is 0.251 e. The molecular formula is C21H24N4O2. The second kappa shape index (κ2) is 8.03. The number of hydrogen-bond acceptors (Lipinski definition) is 3. The number of benzene rings is 2. The van der Waals surface area contributed by atoms with E-state index in [9.17, 15) is 9.59 Å². The van der Waals surface area contributed by atoms with Crippen LogP contribution in [0.3, 0.4) is 0 Å². The predicted molar refractivity (Wildman–Crippen MR) is 107 cm³/mol. The number of aromatic amines is 1. The number of carbonyl (C=O) groups is 2. The molecule has 0 atom stereocenters. The number of imidazole rings is 1. The fourth-order valence-corrected chi connectivity index (χ4v) is 2.89. The summed E-state index contributed by atoms with van der Waals surface area (Å²) >= 11 is 0. The number of amides is 2. The lowest BCUT2D eigenvalue weighted by molar-refractivity contribution is -0.114. The zero-order valence-corrected chi connectivity index (χ0v) is 15.8. The molecule has 1 aromatic heterocycles. The average molecular weight is 364 g/mol. The van der Waals surface area contributed by atoms with Crippen LogP contribution < -0.4 is 10.6 Å². The molecule has 0 unspecified atom stereocenters. The van der Waals surface area contributed by atoms with E-state index in [0.717, 1.165) is 35.4 Å². The van der Waals surface area contributed by atoms with Crippen molar-refractivity contribution in [3.8, 4) is 0 Å². The van der Waals surface area contributed by atoms with E-state index in [4.69, 9.17) is 0 Å². The van der Waals surface area contributed by atoms with Gasteiger partial charge in [-0.3, -0.25) is 9.59 Å². The third kappa shape index (κ3) is 4.94. The van der Waals surface area contributed by atoms with Gasteiger partial charge < -0.3 is 15.6 Å². The molecule has 0 aliphatic carbocycles. The van der Waals surface area contributed by atoms with Crippen molar-refractivity contribution in [2.45, 2.75) is 39.7 Å². The Morgan fingerprint density at radius 3 is 2.48 bits per heavy atom. The van der Waals surface area contributed by atoms with Gasteiger partial charge in [-0.25, -0.2) is 4.98 Å². The molecule has 0 saturated carbocycles. The number of H-pyrrole nitrogens is 1. The van der Waals surface area contributed by atoms with Crippen molar-refractivity contribution in [3.63, 3.8) is 0 Å². The predicted octanol–water partition coefficient (Wildman–Crippen LogP) is 3.44. The van der Waals surface area contributed by atoms with Crippen molar-refractivity contribution in [2.75, 3.05) is 5.32 Å². The molecule has 2 aromatic carbocycles. The first kappa shape index (κ1) is 18.6. The fraction of sp³-hybridized carbons (Fsp3) is 0.286. The Hall–Kier alpha value is -3.15. The number of fused-ring (bicyclic) bond motifs is 1. The molecule has 140 valence electrons. The van der Waals surface area contributed by atoms with Crippen LogP contribution in [0.2, 0.25) is 0 Å². The Morgan fingerprint density at radius 2 is 1.81 bits per heavy atom. The van der Waals surface area contributed by atoms with Gasteiger partial charge in [0.2, 0.25) is 5.91 Å². The Bertz CT molecular complexity index is 958. The van der Waals surface area contributed by atoms with Gasteiger partial charge in [0.05, 0.1) is 11.0 Å². The first-order chi connectivity index (χ1) is 12.9. The van der Waals surface area contributed by atoms with Gasteiger partial charge in [-0.15, -0.1) is 0 Å². The molecule has 0 aliphatic heterocycles. The Labute approximate surface area is 158 Å². The summed E-state index contributed by atoms with van der Waals surface area (Å²) < 4.78 is 0. The van der Waals surface area contributed by atoms with E-state index in [0.29, 0.717) is 5.56 Å². The lowest BCUT2D eigenvalue weighted by atomic mass is 10.1. The molecule has 6 heteroatoms. The van der Waals surface area contributed by atoms with E-state index in [1.54, 1.807) is 6.07 Å². The second-order valence-electron chi connectivity index (χ2n) is 6.92. The standard InChI is InChI=1S/C21H24N4O2/c1-13(2)22-21(27)16-7-10-18-19(12-16)25-20(24-18)11-6-15-4-8-17(9-5-15)23-14(3)26/h4-5,7-10,12-13H,6,11H2,1-3H3,(H,22,27)(H,23,26)(H,24,25). The number of nitrogens with one attached hydrogen (secondary N) is 3. The zero-order valence-electron chi connectivity index (χ0n) is 15.8. The van der Waals surface area contributed by atoms with Crippen LogP contribution in [0.1, 0.15) is 42.5 Å². The van der Waals surface area contributed by atoms with Gasteiger partial charge in [-0.2, -0.15) is 0 Å². The summed E-state index contributed by atoms with van der Waals surface area (Å²) in [6.45, 7) is 5.37. The van der Waals surface area contributed by atoms with Crippen molar-refractivity contribution in [1.82, 2.24) is 15.3 Å². The highest BCUT2D eigenvalue weighted by Gasteiger charge is 2.10. The molecule has 0 spiro atoms. The van der Waals surface area contributed by atoms with E-state index < -0.39 is 0 Å². The Balaban J connectivity index is 1.67. The van der Waals surface area contributed by atoms with Crippen LogP contribution in [-0.4, -0.2) is 27.8 Å². The summed E-state index contributed by atoms with van der Waals surface area (Å²) in [6.07, 6.45) is 1.60. The molecule has 6 nitrogen and oxygen atoms in total. The maximum Gasteiger partial charge on any atom is 0.251 e. The largest absolute Gasteiger partial charge is 0.350 e. The number of hydrogen-bond donors (Lipinski definition) is 3. The molecular weight excluding hydrogens is 340 g/mol. The van der Waals surface area contributed by atoms with E-state index in [-0.39, 0.29) is 17.9 Å². The summed E-state index contributed by atoms with van der Waals surface area (Å²) in [4.78, 5) is 31.1. The number of aromatic nitrogens is 2. The second-order valence-corrected chi connectivity index (χ2v) is 6.92. The third-order valence-corrected chi connectivity index (χ3v) is 4.14.